The smallest absolute Gasteiger partial charge is 0.417 e. The molecule has 0 radical (unpaired) electrons. The van der Waals surface area contributed by atoms with Gasteiger partial charge in [-0.15, -0.1) is 0 Å². The van der Waals surface area contributed by atoms with Crippen molar-refractivity contribution in [1.29, 1.82) is 0 Å². The molecule has 0 spiro atoms. The average molecular weight is 313 g/mol. The van der Waals surface area contributed by atoms with Gasteiger partial charge >= 0.3 is 18.2 Å². The van der Waals surface area contributed by atoms with Crippen LogP contribution >= 0.6 is 0 Å². The zero-order valence-corrected chi connectivity index (χ0v) is 11.9. The predicted octanol–water partition coefficient (Wildman–Crippen LogP) is 1.76. The molecule has 0 saturated carbocycles. The molecule has 1 amide bonds. The molecule has 1 aliphatic rings. The van der Waals surface area contributed by atoms with Crippen molar-refractivity contribution >= 4 is 12.1 Å². The van der Waals surface area contributed by atoms with Gasteiger partial charge in [0.05, 0.1) is 0 Å². The molecule has 21 heavy (non-hydrogen) atoms. The van der Waals surface area contributed by atoms with E-state index in [0.29, 0.717) is 4.90 Å². The molecule has 6 nitrogen and oxygen atoms in total. The van der Waals surface area contributed by atoms with Crippen LogP contribution in [0.25, 0.3) is 0 Å². The molecule has 1 saturated heterocycles. The summed E-state index contributed by atoms with van der Waals surface area (Å²) in [6.07, 6.45) is -7.88. The minimum atomic E-state index is -4.96. The van der Waals surface area contributed by atoms with Crippen molar-refractivity contribution in [3.05, 3.63) is 0 Å². The second-order valence-corrected chi connectivity index (χ2v) is 6.01. The second kappa shape index (κ2) is 5.36. The number of halogens is 3. The number of carboxylic acids is 1. The maximum absolute atomic E-state index is 12.8. The Hall–Kier alpha value is -1.51. The van der Waals surface area contributed by atoms with Gasteiger partial charge in [-0.2, -0.15) is 13.2 Å². The summed E-state index contributed by atoms with van der Waals surface area (Å²) >= 11 is 0. The van der Waals surface area contributed by atoms with Gasteiger partial charge in [0.1, 0.15) is 11.6 Å². The molecule has 1 rings (SSSR count). The first kappa shape index (κ1) is 17.5. The lowest BCUT2D eigenvalue weighted by Crippen LogP contribution is -2.61. The Morgan fingerprint density at radius 1 is 1.29 bits per heavy atom. The lowest BCUT2D eigenvalue weighted by molar-refractivity contribution is -0.276. The topological polar surface area (TPSA) is 87.1 Å². The molecular formula is C12H18F3NO5. The highest BCUT2D eigenvalue weighted by molar-refractivity contribution is 5.80. The van der Waals surface area contributed by atoms with Crippen LogP contribution in [0.15, 0.2) is 0 Å². The third-order valence-electron chi connectivity index (χ3n) is 3.11. The molecule has 1 fully saturated rings. The lowest BCUT2D eigenvalue weighted by Gasteiger charge is -2.42. The van der Waals surface area contributed by atoms with Crippen LogP contribution in [0.5, 0.6) is 0 Å². The summed E-state index contributed by atoms with van der Waals surface area (Å²) in [5.74, 6) is -1.62. The van der Waals surface area contributed by atoms with Crippen molar-refractivity contribution in [1.82, 2.24) is 4.90 Å². The Kier molecular flexibility index (Phi) is 4.48. The van der Waals surface area contributed by atoms with Gasteiger partial charge < -0.3 is 14.9 Å². The zero-order chi connectivity index (χ0) is 16.6. The Morgan fingerprint density at radius 2 is 1.81 bits per heavy atom. The van der Waals surface area contributed by atoms with E-state index < -0.39 is 54.9 Å². The number of hydrogen-bond donors (Lipinski definition) is 2. The summed E-state index contributed by atoms with van der Waals surface area (Å²) < 4.78 is 43.3. The van der Waals surface area contributed by atoms with E-state index >= 15 is 0 Å². The van der Waals surface area contributed by atoms with E-state index in [4.69, 9.17) is 9.84 Å². The summed E-state index contributed by atoms with van der Waals surface area (Å²) in [5.41, 5.74) is -4.02. The molecule has 0 aromatic rings. The summed E-state index contributed by atoms with van der Waals surface area (Å²) in [6.45, 7) is 4.10. The van der Waals surface area contributed by atoms with E-state index in [2.05, 4.69) is 0 Å². The molecular weight excluding hydrogens is 295 g/mol. The molecule has 0 aromatic carbocycles. The number of aliphatic hydroxyl groups is 1. The number of amides is 1. The fraction of sp³-hybridized carbons (Fsp3) is 0.833. The summed E-state index contributed by atoms with van der Waals surface area (Å²) in [6, 6.07) is -1.79. The molecule has 2 unspecified atom stereocenters. The van der Waals surface area contributed by atoms with Crippen molar-refractivity contribution < 1.29 is 37.7 Å². The van der Waals surface area contributed by atoms with Gasteiger partial charge in [0, 0.05) is 19.4 Å². The summed E-state index contributed by atoms with van der Waals surface area (Å²) in [4.78, 5) is 23.7. The molecule has 2 atom stereocenters. The minimum Gasteiger partial charge on any atom is -0.480 e. The largest absolute Gasteiger partial charge is 0.480 e. The summed E-state index contributed by atoms with van der Waals surface area (Å²) in [5, 5.41) is 18.6. The van der Waals surface area contributed by atoms with Gasteiger partial charge in [-0.1, -0.05) is 0 Å². The Bertz CT molecular complexity index is 432. The number of rotatable bonds is 1. The number of carboxylic acid groups (broad SMARTS) is 1. The fourth-order valence-electron chi connectivity index (χ4n) is 2.01. The van der Waals surface area contributed by atoms with Crippen LogP contribution in [0.2, 0.25) is 0 Å². The molecule has 0 aromatic heterocycles. The maximum Gasteiger partial charge on any atom is 0.417 e. The zero-order valence-electron chi connectivity index (χ0n) is 11.9. The fourth-order valence-corrected chi connectivity index (χ4v) is 2.01. The van der Waals surface area contributed by atoms with Crippen molar-refractivity contribution in [2.75, 3.05) is 6.54 Å². The normalized spacial score (nSPS) is 27.4. The van der Waals surface area contributed by atoms with Crippen LogP contribution in [-0.2, 0) is 9.53 Å². The van der Waals surface area contributed by atoms with Crippen molar-refractivity contribution in [2.24, 2.45) is 0 Å². The summed E-state index contributed by atoms with van der Waals surface area (Å²) in [7, 11) is 0. The number of alkyl halides is 3. The van der Waals surface area contributed by atoms with E-state index in [0.717, 1.165) is 0 Å². The van der Waals surface area contributed by atoms with Gasteiger partial charge in [0.15, 0.2) is 5.60 Å². The van der Waals surface area contributed by atoms with E-state index in [1.54, 1.807) is 20.8 Å². The predicted molar refractivity (Wildman–Crippen MR) is 64.6 cm³/mol. The molecule has 2 N–H and O–H groups in total. The van der Waals surface area contributed by atoms with Crippen molar-refractivity contribution in [3.63, 3.8) is 0 Å². The van der Waals surface area contributed by atoms with Crippen LogP contribution in [0.4, 0.5) is 18.0 Å². The molecule has 0 aliphatic carbocycles. The standard InChI is InChI=1S/C12H18F3NO5/c1-10(2,3)21-9(19)16-5-4-11(20,12(13,14)15)6-7(16)8(17)18/h7,20H,4-6H2,1-3H3,(H,17,18). The average Bonchev–Trinajstić information content (AvgIpc) is 2.24. The highest BCUT2D eigenvalue weighted by Crippen LogP contribution is 2.40. The number of carbonyl (C=O) groups excluding carboxylic acids is 1. The van der Waals surface area contributed by atoms with Gasteiger partial charge in [0.2, 0.25) is 0 Å². The monoisotopic (exact) mass is 313 g/mol. The highest BCUT2D eigenvalue weighted by Gasteiger charge is 2.59. The van der Waals surface area contributed by atoms with Crippen LogP contribution in [0.1, 0.15) is 33.6 Å². The Labute approximate surface area is 119 Å². The molecule has 9 heteroatoms. The number of ether oxygens (including phenoxy) is 1. The highest BCUT2D eigenvalue weighted by atomic mass is 19.4. The van der Waals surface area contributed by atoms with Gasteiger partial charge in [-0.25, -0.2) is 9.59 Å². The molecule has 0 bridgehead atoms. The number of hydrogen-bond acceptors (Lipinski definition) is 4. The Morgan fingerprint density at radius 3 is 2.19 bits per heavy atom. The van der Waals surface area contributed by atoms with E-state index in [9.17, 15) is 27.9 Å². The lowest BCUT2D eigenvalue weighted by atomic mass is 9.86. The van der Waals surface area contributed by atoms with E-state index in [1.165, 1.54) is 0 Å². The number of aliphatic carboxylic acids is 1. The maximum atomic E-state index is 12.8. The van der Waals surface area contributed by atoms with Crippen LogP contribution < -0.4 is 0 Å². The van der Waals surface area contributed by atoms with E-state index in [1.807, 2.05) is 0 Å². The third kappa shape index (κ3) is 3.99. The Balaban J connectivity index is 2.96. The first-order valence-corrected chi connectivity index (χ1v) is 6.28. The number of piperidine rings is 1. The second-order valence-electron chi connectivity index (χ2n) is 6.01. The van der Waals surface area contributed by atoms with Crippen LogP contribution in [0, 0.1) is 0 Å². The van der Waals surface area contributed by atoms with Crippen LogP contribution in [-0.4, -0.2) is 57.1 Å². The number of nitrogens with zero attached hydrogens (tertiary/aromatic N) is 1. The molecule has 1 heterocycles. The van der Waals surface area contributed by atoms with Gasteiger partial charge in [0.25, 0.3) is 0 Å². The quantitative estimate of drug-likeness (QED) is 0.770. The van der Waals surface area contributed by atoms with Crippen molar-refractivity contribution in [2.45, 2.75) is 57.0 Å². The SMILES string of the molecule is CC(C)(C)OC(=O)N1CCC(O)(C(F)(F)F)CC1C(=O)O. The first-order chi connectivity index (χ1) is 9.27. The van der Waals surface area contributed by atoms with Gasteiger partial charge in [-0.3, -0.25) is 4.90 Å². The van der Waals surface area contributed by atoms with Crippen molar-refractivity contribution in [3.8, 4) is 0 Å². The molecule has 1 aliphatic heterocycles. The number of likely N-dealkylation sites (tertiary alicyclic amines) is 1. The number of carbonyl (C=O) groups is 2. The van der Waals surface area contributed by atoms with Gasteiger partial charge in [-0.05, 0) is 20.8 Å². The minimum absolute atomic E-state index is 0.554. The first-order valence-electron chi connectivity index (χ1n) is 6.28. The van der Waals surface area contributed by atoms with Crippen LogP contribution in [0.3, 0.4) is 0 Å². The molecule has 122 valence electrons. The van der Waals surface area contributed by atoms with E-state index in [-0.39, 0.29) is 0 Å². The third-order valence-corrected chi connectivity index (χ3v) is 3.11.